The van der Waals surface area contributed by atoms with Gasteiger partial charge >= 0.3 is 5.97 Å². The predicted octanol–water partition coefficient (Wildman–Crippen LogP) is 1.23. The molecule has 0 amide bonds. The molecule has 0 aliphatic heterocycles. The number of anilines is 1. The van der Waals surface area contributed by atoms with Crippen LogP contribution in [0.25, 0.3) is 0 Å². The number of rotatable bonds is 7. The molecule has 0 fully saturated rings. The normalized spacial score (nSPS) is 10.6. The van der Waals surface area contributed by atoms with Crippen LogP contribution in [0.1, 0.15) is 26.2 Å². The second-order valence-electron chi connectivity index (χ2n) is 3.38. The van der Waals surface area contributed by atoms with Crippen molar-refractivity contribution in [3.8, 4) is 0 Å². The molecule has 0 saturated carbocycles. The third-order valence-electron chi connectivity index (χ3n) is 2.06. The Balaban J connectivity index is 2.58. The quantitative estimate of drug-likeness (QED) is 0.553. The molecule has 0 radical (unpaired) electrons. The zero-order valence-corrected chi connectivity index (χ0v) is 10.0. The van der Waals surface area contributed by atoms with Gasteiger partial charge in [-0.1, -0.05) is 31.5 Å². The monoisotopic (exact) mass is 244 g/mol. The summed E-state index contributed by atoms with van der Waals surface area (Å²) in [5.74, 6) is -0.540. The molecular formula is C9H16N4O2S. The smallest absolute Gasteiger partial charge is 0.313 e. The molecule has 6 nitrogen and oxygen atoms in total. The van der Waals surface area contributed by atoms with Gasteiger partial charge in [-0.3, -0.25) is 9.36 Å². The van der Waals surface area contributed by atoms with Gasteiger partial charge in [0.05, 0.1) is 5.75 Å². The van der Waals surface area contributed by atoms with Crippen LogP contribution >= 0.6 is 11.8 Å². The molecular weight excluding hydrogens is 228 g/mol. The van der Waals surface area contributed by atoms with E-state index >= 15 is 0 Å². The number of carboxylic acid groups (broad SMARTS) is 1. The van der Waals surface area contributed by atoms with Crippen molar-refractivity contribution in [1.29, 1.82) is 0 Å². The number of hydrogen-bond acceptors (Lipinski definition) is 5. The molecule has 0 atom stereocenters. The number of unbranched alkanes of at least 4 members (excludes halogenated alkanes) is 2. The second kappa shape index (κ2) is 6.37. The van der Waals surface area contributed by atoms with Crippen LogP contribution in [0.15, 0.2) is 5.16 Å². The van der Waals surface area contributed by atoms with Crippen molar-refractivity contribution in [2.24, 2.45) is 0 Å². The van der Waals surface area contributed by atoms with E-state index < -0.39 is 5.97 Å². The van der Waals surface area contributed by atoms with Crippen LogP contribution in [0.4, 0.5) is 5.95 Å². The van der Waals surface area contributed by atoms with Crippen molar-refractivity contribution < 1.29 is 9.90 Å². The average molecular weight is 244 g/mol. The minimum atomic E-state index is -0.869. The van der Waals surface area contributed by atoms with Crippen LogP contribution in [-0.4, -0.2) is 31.6 Å². The lowest BCUT2D eigenvalue weighted by molar-refractivity contribution is -0.133. The number of nitrogen functional groups attached to an aromatic ring is 1. The maximum atomic E-state index is 10.4. The van der Waals surface area contributed by atoms with Crippen LogP contribution in [0, 0.1) is 0 Å². The predicted molar refractivity (Wildman–Crippen MR) is 62.3 cm³/mol. The van der Waals surface area contributed by atoms with Gasteiger partial charge in [0.25, 0.3) is 0 Å². The standard InChI is InChI=1S/C9H16N4O2S/c1-2-3-4-5-13-8(10)11-12-9(13)16-6-7(14)15/h2-6H2,1H3,(H2,10,11)(H,14,15). The van der Waals surface area contributed by atoms with Gasteiger partial charge in [-0.2, -0.15) is 0 Å². The summed E-state index contributed by atoms with van der Waals surface area (Å²) in [6, 6.07) is 0. The van der Waals surface area contributed by atoms with Gasteiger partial charge in [-0.15, -0.1) is 10.2 Å². The molecule has 0 aliphatic rings. The van der Waals surface area contributed by atoms with Crippen molar-refractivity contribution in [1.82, 2.24) is 14.8 Å². The Kier molecular flexibility index (Phi) is 5.10. The van der Waals surface area contributed by atoms with E-state index in [-0.39, 0.29) is 5.75 Å². The molecule has 1 heterocycles. The zero-order valence-electron chi connectivity index (χ0n) is 9.22. The lowest BCUT2D eigenvalue weighted by atomic mass is 10.2. The summed E-state index contributed by atoms with van der Waals surface area (Å²) in [5.41, 5.74) is 5.66. The molecule has 0 aliphatic carbocycles. The van der Waals surface area contributed by atoms with Gasteiger partial charge in [0.2, 0.25) is 5.95 Å². The Morgan fingerprint density at radius 2 is 2.25 bits per heavy atom. The summed E-state index contributed by atoms with van der Waals surface area (Å²) in [6.07, 6.45) is 3.24. The third-order valence-corrected chi connectivity index (χ3v) is 3.01. The van der Waals surface area contributed by atoms with Gasteiger partial charge in [0.1, 0.15) is 0 Å². The molecule has 0 spiro atoms. The summed E-state index contributed by atoms with van der Waals surface area (Å²) in [6.45, 7) is 2.87. The molecule has 1 aromatic rings. The van der Waals surface area contributed by atoms with E-state index in [0.717, 1.165) is 37.6 Å². The van der Waals surface area contributed by atoms with Crippen molar-refractivity contribution in [3.63, 3.8) is 0 Å². The summed E-state index contributed by atoms with van der Waals surface area (Å²) < 4.78 is 1.77. The van der Waals surface area contributed by atoms with E-state index in [0.29, 0.717) is 11.1 Å². The number of hydrogen-bond donors (Lipinski definition) is 2. The van der Waals surface area contributed by atoms with Gasteiger partial charge in [0, 0.05) is 6.54 Å². The van der Waals surface area contributed by atoms with Crippen LogP contribution in [-0.2, 0) is 11.3 Å². The van der Waals surface area contributed by atoms with Crippen molar-refractivity contribution in [3.05, 3.63) is 0 Å². The number of aliphatic carboxylic acids is 1. The molecule has 0 unspecified atom stereocenters. The number of carboxylic acids is 1. The second-order valence-corrected chi connectivity index (χ2v) is 4.32. The minimum absolute atomic E-state index is 0.0219. The number of aromatic nitrogens is 3. The first-order valence-corrected chi connectivity index (χ1v) is 6.17. The Labute approximate surface area is 98.2 Å². The molecule has 0 aromatic carbocycles. The molecule has 0 saturated heterocycles. The molecule has 1 aromatic heterocycles. The van der Waals surface area contributed by atoms with Gasteiger partial charge < -0.3 is 10.8 Å². The van der Waals surface area contributed by atoms with E-state index in [4.69, 9.17) is 10.8 Å². The van der Waals surface area contributed by atoms with Crippen LogP contribution in [0.5, 0.6) is 0 Å². The Bertz CT molecular complexity index is 353. The van der Waals surface area contributed by atoms with E-state index in [1.807, 2.05) is 0 Å². The SMILES string of the molecule is CCCCCn1c(N)nnc1SCC(=O)O. The fourth-order valence-corrected chi connectivity index (χ4v) is 1.95. The molecule has 3 N–H and O–H groups in total. The Hall–Kier alpha value is -1.24. The number of carbonyl (C=O) groups is 1. The fraction of sp³-hybridized carbons (Fsp3) is 0.667. The zero-order chi connectivity index (χ0) is 12.0. The van der Waals surface area contributed by atoms with Gasteiger partial charge in [-0.05, 0) is 6.42 Å². The molecule has 16 heavy (non-hydrogen) atoms. The first kappa shape index (κ1) is 12.8. The minimum Gasteiger partial charge on any atom is -0.481 e. The Morgan fingerprint density at radius 1 is 1.50 bits per heavy atom. The third kappa shape index (κ3) is 3.73. The van der Waals surface area contributed by atoms with Gasteiger partial charge in [-0.25, -0.2) is 0 Å². The topological polar surface area (TPSA) is 94.0 Å². The highest BCUT2D eigenvalue weighted by Crippen LogP contribution is 2.18. The first-order valence-electron chi connectivity index (χ1n) is 5.18. The number of thioether (sulfide) groups is 1. The average Bonchev–Trinajstić information content (AvgIpc) is 2.58. The summed E-state index contributed by atoms with van der Waals surface area (Å²) in [4.78, 5) is 10.4. The maximum Gasteiger partial charge on any atom is 0.313 e. The summed E-state index contributed by atoms with van der Waals surface area (Å²) >= 11 is 1.14. The molecule has 1 rings (SSSR count). The largest absolute Gasteiger partial charge is 0.481 e. The van der Waals surface area contributed by atoms with E-state index in [1.165, 1.54) is 0 Å². The molecule has 90 valence electrons. The van der Waals surface area contributed by atoms with Crippen molar-refractivity contribution >= 4 is 23.7 Å². The van der Waals surface area contributed by atoms with Crippen LogP contribution < -0.4 is 5.73 Å². The Morgan fingerprint density at radius 3 is 2.88 bits per heavy atom. The van der Waals surface area contributed by atoms with Crippen molar-refractivity contribution in [2.45, 2.75) is 37.9 Å². The highest BCUT2D eigenvalue weighted by molar-refractivity contribution is 7.99. The summed E-state index contributed by atoms with van der Waals surface area (Å²) in [7, 11) is 0. The molecule has 0 bridgehead atoms. The van der Waals surface area contributed by atoms with E-state index in [2.05, 4.69) is 17.1 Å². The highest BCUT2D eigenvalue weighted by atomic mass is 32.2. The first-order chi connectivity index (χ1) is 7.65. The maximum absolute atomic E-state index is 10.4. The summed E-state index contributed by atoms with van der Waals surface area (Å²) in [5, 5.41) is 16.8. The number of nitrogens with zero attached hydrogens (tertiary/aromatic N) is 3. The van der Waals surface area contributed by atoms with Crippen LogP contribution in [0.3, 0.4) is 0 Å². The fourth-order valence-electron chi connectivity index (χ4n) is 1.26. The highest BCUT2D eigenvalue weighted by Gasteiger charge is 2.11. The lowest BCUT2D eigenvalue weighted by Gasteiger charge is -2.06. The molecule has 7 heteroatoms. The number of nitrogens with two attached hydrogens (primary N) is 1. The lowest BCUT2D eigenvalue weighted by Crippen LogP contribution is -2.06. The van der Waals surface area contributed by atoms with E-state index in [9.17, 15) is 4.79 Å². The van der Waals surface area contributed by atoms with Crippen LogP contribution in [0.2, 0.25) is 0 Å². The van der Waals surface area contributed by atoms with Crippen molar-refractivity contribution in [2.75, 3.05) is 11.5 Å². The van der Waals surface area contributed by atoms with Gasteiger partial charge in [0.15, 0.2) is 5.16 Å². The van der Waals surface area contributed by atoms with E-state index in [1.54, 1.807) is 4.57 Å².